The second kappa shape index (κ2) is 8.04. The Labute approximate surface area is 100 Å². The Morgan fingerprint density at radius 1 is 1.31 bits per heavy atom. The molecular formula is C13H28N2O. The minimum absolute atomic E-state index is 0.743. The van der Waals surface area contributed by atoms with Crippen LogP contribution >= 0.6 is 0 Å². The quantitative estimate of drug-likeness (QED) is 0.674. The highest BCUT2D eigenvalue weighted by molar-refractivity contribution is 4.72. The van der Waals surface area contributed by atoms with E-state index in [0.717, 1.165) is 38.0 Å². The van der Waals surface area contributed by atoms with Crippen molar-refractivity contribution < 1.29 is 4.74 Å². The Balaban J connectivity index is 2.03. The van der Waals surface area contributed by atoms with Crippen molar-refractivity contribution in [2.24, 2.45) is 17.6 Å². The molecule has 1 heterocycles. The molecule has 1 aliphatic heterocycles. The SMILES string of the molecule is CC(C)CN1CCC(COCCCN)CC1. The summed E-state index contributed by atoms with van der Waals surface area (Å²) < 4.78 is 5.63. The highest BCUT2D eigenvalue weighted by atomic mass is 16.5. The average Bonchev–Trinajstić information content (AvgIpc) is 2.26. The van der Waals surface area contributed by atoms with Crippen LogP contribution in [0.5, 0.6) is 0 Å². The summed E-state index contributed by atoms with van der Waals surface area (Å²) in [6.45, 7) is 10.9. The largest absolute Gasteiger partial charge is 0.381 e. The Bertz CT molecular complexity index is 165. The van der Waals surface area contributed by atoms with Gasteiger partial charge in [-0.3, -0.25) is 0 Å². The third-order valence-electron chi connectivity index (χ3n) is 3.18. The highest BCUT2D eigenvalue weighted by Crippen LogP contribution is 2.18. The number of ether oxygens (including phenoxy) is 1. The van der Waals surface area contributed by atoms with Crippen molar-refractivity contribution in [1.29, 1.82) is 0 Å². The first kappa shape index (κ1) is 13.9. The summed E-state index contributed by atoms with van der Waals surface area (Å²) in [4.78, 5) is 2.58. The summed E-state index contributed by atoms with van der Waals surface area (Å²) >= 11 is 0. The van der Waals surface area contributed by atoms with Gasteiger partial charge in [-0.2, -0.15) is 0 Å². The first-order valence-corrected chi connectivity index (χ1v) is 6.72. The van der Waals surface area contributed by atoms with Crippen LogP contribution in [0.1, 0.15) is 33.1 Å². The lowest BCUT2D eigenvalue weighted by atomic mass is 9.97. The zero-order valence-corrected chi connectivity index (χ0v) is 11.0. The number of nitrogens with two attached hydrogens (primary N) is 1. The van der Waals surface area contributed by atoms with E-state index in [9.17, 15) is 0 Å². The van der Waals surface area contributed by atoms with Crippen LogP contribution in [0, 0.1) is 11.8 Å². The van der Waals surface area contributed by atoms with E-state index >= 15 is 0 Å². The van der Waals surface area contributed by atoms with Crippen molar-refractivity contribution in [1.82, 2.24) is 4.90 Å². The van der Waals surface area contributed by atoms with Gasteiger partial charge in [0.05, 0.1) is 0 Å². The molecule has 0 amide bonds. The first-order valence-electron chi connectivity index (χ1n) is 6.72. The van der Waals surface area contributed by atoms with E-state index in [1.165, 1.54) is 32.5 Å². The normalized spacial score (nSPS) is 19.5. The molecule has 1 saturated heterocycles. The van der Waals surface area contributed by atoms with Gasteiger partial charge in [-0.05, 0) is 50.7 Å². The summed E-state index contributed by atoms with van der Waals surface area (Å²) in [7, 11) is 0. The molecular weight excluding hydrogens is 200 g/mol. The zero-order chi connectivity index (χ0) is 11.8. The van der Waals surface area contributed by atoms with E-state index in [2.05, 4.69) is 18.7 Å². The molecule has 0 radical (unpaired) electrons. The van der Waals surface area contributed by atoms with E-state index in [1.54, 1.807) is 0 Å². The first-order chi connectivity index (χ1) is 7.72. The third kappa shape index (κ3) is 5.83. The van der Waals surface area contributed by atoms with Crippen molar-refractivity contribution >= 4 is 0 Å². The predicted octanol–water partition coefficient (Wildman–Crippen LogP) is 1.72. The van der Waals surface area contributed by atoms with Gasteiger partial charge in [-0.15, -0.1) is 0 Å². The molecule has 0 aromatic rings. The van der Waals surface area contributed by atoms with E-state index < -0.39 is 0 Å². The molecule has 0 aromatic carbocycles. The van der Waals surface area contributed by atoms with E-state index in [-0.39, 0.29) is 0 Å². The van der Waals surface area contributed by atoms with Crippen LogP contribution in [0.4, 0.5) is 0 Å². The second-order valence-electron chi connectivity index (χ2n) is 5.35. The van der Waals surface area contributed by atoms with Gasteiger partial charge in [0, 0.05) is 19.8 Å². The monoisotopic (exact) mass is 228 g/mol. The van der Waals surface area contributed by atoms with Crippen LogP contribution < -0.4 is 5.73 Å². The molecule has 3 heteroatoms. The molecule has 16 heavy (non-hydrogen) atoms. The Morgan fingerprint density at radius 3 is 2.56 bits per heavy atom. The maximum absolute atomic E-state index is 5.63. The van der Waals surface area contributed by atoms with Crippen LogP contribution in [0.15, 0.2) is 0 Å². The highest BCUT2D eigenvalue weighted by Gasteiger charge is 2.19. The van der Waals surface area contributed by atoms with E-state index in [4.69, 9.17) is 10.5 Å². The molecule has 0 atom stereocenters. The summed E-state index contributed by atoms with van der Waals surface area (Å²) in [5.41, 5.74) is 5.43. The van der Waals surface area contributed by atoms with Gasteiger partial charge in [0.25, 0.3) is 0 Å². The number of rotatable bonds is 7. The molecule has 2 N–H and O–H groups in total. The number of hydrogen-bond donors (Lipinski definition) is 1. The molecule has 96 valence electrons. The van der Waals surface area contributed by atoms with Crippen LogP contribution in [-0.2, 0) is 4.74 Å². The lowest BCUT2D eigenvalue weighted by molar-refractivity contribution is 0.0640. The second-order valence-corrected chi connectivity index (χ2v) is 5.35. The predicted molar refractivity (Wildman–Crippen MR) is 68.5 cm³/mol. The molecule has 1 rings (SSSR count). The van der Waals surface area contributed by atoms with Crippen molar-refractivity contribution in [2.45, 2.75) is 33.1 Å². The molecule has 0 unspecified atom stereocenters. The van der Waals surface area contributed by atoms with Gasteiger partial charge in [0.1, 0.15) is 0 Å². The van der Waals surface area contributed by atoms with E-state index in [0.29, 0.717) is 0 Å². The maximum atomic E-state index is 5.63. The molecule has 3 nitrogen and oxygen atoms in total. The van der Waals surface area contributed by atoms with Crippen LogP contribution in [0.3, 0.4) is 0 Å². The molecule has 0 aliphatic carbocycles. The molecule has 0 aromatic heterocycles. The van der Waals surface area contributed by atoms with Gasteiger partial charge < -0.3 is 15.4 Å². The van der Waals surface area contributed by atoms with Crippen molar-refractivity contribution in [3.05, 3.63) is 0 Å². The van der Waals surface area contributed by atoms with Gasteiger partial charge >= 0.3 is 0 Å². The Hall–Kier alpha value is -0.120. The van der Waals surface area contributed by atoms with Gasteiger partial charge in [0.2, 0.25) is 0 Å². The molecule has 0 spiro atoms. The number of hydrogen-bond acceptors (Lipinski definition) is 3. The fourth-order valence-electron chi connectivity index (χ4n) is 2.29. The Kier molecular flexibility index (Phi) is 7.01. The molecule has 1 fully saturated rings. The smallest absolute Gasteiger partial charge is 0.0495 e. The van der Waals surface area contributed by atoms with Crippen molar-refractivity contribution in [3.63, 3.8) is 0 Å². The number of nitrogens with zero attached hydrogens (tertiary/aromatic N) is 1. The summed E-state index contributed by atoms with van der Waals surface area (Å²) in [5.74, 6) is 1.57. The van der Waals surface area contributed by atoms with Gasteiger partial charge in [-0.25, -0.2) is 0 Å². The van der Waals surface area contributed by atoms with Gasteiger partial charge in [0.15, 0.2) is 0 Å². The summed E-state index contributed by atoms with van der Waals surface area (Å²) in [6, 6.07) is 0. The van der Waals surface area contributed by atoms with Crippen molar-refractivity contribution in [2.75, 3.05) is 39.4 Å². The average molecular weight is 228 g/mol. The fraction of sp³-hybridized carbons (Fsp3) is 1.00. The fourth-order valence-corrected chi connectivity index (χ4v) is 2.29. The Morgan fingerprint density at radius 2 is 2.00 bits per heavy atom. The number of piperidine rings is 1. The topological polar surface area (TPSA) is 38.5 Å². The summed E-state index contributed by atoms with van der Waals surface area (Å²) in [6.07, 6.45) is 3.59. The standard InChI is InChI=1S/C13H28N2O/c1-12(2)10-15-7-4-13(5-8-15)11-16-9-3-6-14/h12-13H,3-11,14H2,1-2H3. The third-order valence-corrected chi connectivity index (χ3v) is 3.18. The lowest BCUT2D eigenvalue weighted by Crippen LogP contribution is -2.37. The van der Waals surface area contributed by atoms with Gasteiger partial charge in [-0.1, -0.05) is 13.8 Å². The van der Waals surface area contributed by atoms with Crippen LogP contribution in [0.25, 0.3) is 0 Å². The molecule has 0 bridgehead atoms. The lowest BCUT2D eigenvalue weighted by Gasteiger charge is -2.32. The zero-order valence-electron chi connectivity index (χ0n) is 11.0. The van der Waals surface area contributed by atoms with Crippen molar-refractivity contribution in [3.8, 4) is 0 Å². The summed E-state index contributed by atoms with van der Waals surface area (Å²) in [5, 5.41) is 0. The minimum atomic E-state index is 0.743. The molecule has 0 saturated carbocycles. The van der Waals surface area contributed by atoms with E-state index in [1.807, 2.05) is 0 Å². The maximum Gasteiger partial charge on any atom is 0.0495 e. The van der Waals surface area contributed by atoms with Crippen LogP contribution in [0.2, 0.25) is 0 Å². The number of likely N-dealkylation sites (tertiary alicyclic amines) is 1. The van der Waals surface area contributed by atoms with Crippen LogP contribution in [-0.4, -0.2) is 44.3 Å². The molecule has 1 aliphatic rings. The minimum Gasteiger partial charge on any atom is -0.381 e.